The van der Waals surface area contributed by atoms with Gasteiger partial charge in [-0.3, -0.25) is 4.99 Å². The van der Waals surface area contributed by atoms with Gasteiger partial charge < -0.3 is 14.8 Å². The fraction of sp³-hybridized carbons (Fsp3) is 0.667. The third kappa shape index (κ3) is 3.31. The molecular weight excluding hydrogens is 236 g/mol. The second kappa shape index (κ2) is 5.27. The van der Waals surface area contributed by atoms with E-state index in [1.807, 2.05) is 7.05 Å². The number of guanidine groups is 1. The Bertz CT molecular complexity index is 458. The Hall–Kier alpha value is -1.45. The van der Waals surface area contributed by atoms with Crippen LogP contribution in [0.25, 0.3) is 0 Å². The number of hydrogen-bond acceptors (Lipinski definition) is 1. The van der Waals surface area contributed by atoms with Crippen LogP contribution in [0.5, 0.6) is 0 Å². The summed E-state index contributed by atoms with van der Waals surface area (Å²) in [7, 11) is 6.01. The van der Waals surface area contributed by atoms with Crippen LogP contribution in [0.3, 0.4) is 0 Å². The Morgan fingerprint density at radius 3 is 2.74 bits per heavy atom. The van der Waals surface area contributed by atoms with Gasteiger partial charge in [0.15, 0.2) is 5.96 Å². The molecule has 1 aliphatic carbocycles. The van der Waals surface area contributed by atoms with Crippen molar-refractivity contribution in [2.75, 3.05) is 20.6 Å². The van der Waals surface area contributed by atoms with Crippen molar-refractivity contribution in [1.82, 2.24) is 14.8 Å². The lowest BCUT2D eigenvalue weighted by Crippen LogP contribution is -2.40. The molecule has 1 aromatic rings. The number of aryl methyl sites for hydroxylation is 1. The fourth-order valence-corrected chi connectivity index (χ4v) is 2.50. The van der Waals surface area contributed by atoms with Gasteiger partial charge >= 0.3 is 0 Å². The van der Waals surface area contributed by atoms with Crippen molar-refractivity contribution < 1.29 is 0 Å². The highest BCUT2D eigenvalue weighted by Crippen LogP contribution is 2.50. The zero-order chi connectivity index (χ0) is 14.0. The van der Waals surface area contributed by atoms with Gasteiger partial charge in [-0.05, 0) is 29.9 Å². The molecule has 0 radical (unpaired) electrons. The van der Waals surface area contributed by atoms with Gasteiger partial charge in [-0.25, -0.2) is 0 Å². The average Bonchev–Trinajstić information content (AvgIpc) is 2.75. The fourth-order valence-electron chi connectivity index (χ4n) is 2.50. The van der Waals surface area contributed by atoms with Crippen LogP contribution in [0.1, 0.15) is 26.0 Å². The summed E-state index contributed by atoms with van der Waals surface area (Å²) in [4.78, 5) is 6.54. The van der Waals surface area contributed by atoms with Crippen LogP contribution < -0.4 is 5.32 Å². The van der Waals surface area contributed by atoms with E-state index in [-0.39, 0.29) is 0 Å². The van der Waals surface area contributed by atoms with E-state index in [1.165, 1.54) is 12.1 Å². The lowest BCUT2D eigenvalue weighted by molar-refractivity contribution is 0.454. The first-order valence-electron chi connectivity index (χ1n) is 6.96. The first-order chi connectivity index (χ1) is 8.94. The van der Waals surface area contributed by atoms with E-state index in [0.717, 1.165) is 25.0 Å². The second-order valence-electron chi connectivity index (χ2n) is 6.28. The number of hydrogen-bond donors (Lipinski definition) is 1. The van der Waals surface area contributed by atoms with Gasteiger partial charge in [-0.1, -0.05) is 13.8 Å². The van der Waals surface area contributed by atoms with Gasteiger partial charge in [0, 0.05) is 39.6 Å². The lowest BCUT2D eigenvalue weighted by atomic mass is 10.1. The molecule has 0 spiro atoms. The molecule has 1 heterocycles. The Labute approximate surface area is 116 Å². The molecule has 1 unspecified atom stereocenters. The van der Waals surface area contributed by atoms with Gasteiger partial charge in [-0.2, -0.15) is 0 Å². The van der Waals surface area contributed by atoms with Crippen LogP contribution in [-0.2, 0) is 13.6 Å². The van der Waals surface area contributed by atoms with E-state index in [2.05, 4.69) is 66.0 Å². The van der Waals surface area contributed by atoms with E-state index >= 15 is 0 Å². The molecule has 0 aromatic carbocycles. The summed E-state index contributed by atoms with van der Waals surface area (Å²) >= 11 is 0. The van der Waals surface area contributed by atoms with Gasteiger partial charge in [0.25, 0.3) is 0 Å². The van der Waals surface area contributed by atoms with Crippen LogP contribution in [0.2, 0.25) is 0 Å². The molecule has 1 saturated carbocycles. The molecule has 106 valence electrons. The number of nitrogens with one attached hydrogen (secondary N) is 1. The van der Waals surface area contributed by atoms with Gasteiger partial charge in [0.2, 0.25) is 0 Å². The van der Waals surface area contributed by atoms with Crippen molar-refractivity contribution in [2.45, 2.75) is 26.8 Å². The molecule has 1 fully saturated rings. The first-order valence-corrected chi connectivity index (χ1v) is 6.96. The number of aromatic nitrogens is 1. The standard InChI is InChI=1S/C15H26N4/c1-15(2)9-12(15)10-17-14(16-3)19(5)11-13-7-6-8-18(13)4/h6-8,12H,9-11H2,1-5H3,(H,16,17). The minimum Gasteiger partial charge on any atom is -0.356 e. The van der Waals surface area contributed by atoms with E-state index in [9.17, 15) is 0 Å². The molecule has 1 aromatic heterocycles. The maximum atomic E-state index is 4.37. The third-order valence-electron chi connectivity index (χ3n) is 4.25. The summed E-state index contributed by atoms with van der Waals surface area (Å²) in [6.45, 7) is 6.56. The molecule has 4 nitrogen and oxygen atoms in total. The van der Waals surface area contributed by atoms with E-state index in [0.29, 0.717) is 5.41 Å². The van der Waals surface area contributed by atoms with Crippen molar-refractivity contribution in [3.05, 3.63) is 24.0 Å². The SMILES string of the molecule is CN=C(NCC1CC1(C)C)N(C)Cc1cccn1C. The highest BCUT2D eigenvalue weighted by Gasteiger charge is 2.45. The Morgan fingerprint density at radius 1 is 1.58 bits per heavy atom. The maximum Gasteiger partial charge on any atom is 0.193 e. The summed E-state index contributed by atoms with van der Waals surface area (Å²) < 4.78 is 2.15. The third-order valence-corrected chi connectivity index (χ3v) is 4.25. The minimum atomic E-state index is 0.516. The first kappa shape index (κ1) is 14.0. The average molecular weight is 262 g/mol. The molecule has 19 heavy (non-hydrogen) atoms. The Morgan fingerprint density at radius 2 is 2.26 bits per heavy atom. The molecule has 0 bridgehead atoms. The molecule has 0 aliphatic heterocycles. The van der Waals surface area contributed by atoms with Crippen molar-refractivity contribution in [3.8, 4) is 0 Å². The topological polar surface area (TPSA) is 32.6 Å². The quantitative estimate of drug-likeness (QED) is 0.665. The predicted molar refractivity (Wildman–Crippen MR) is 80.1 cm³/mol. The molecule has 1 aliphatic rings. The number of rotatable bonds is 4. The predicted octanol–water partition coefficient (Wildman–Crippen LogP) is 2.08. The van der Waals surface area contributed by atoms with Crippen LogP contribution in [-0.4, -0.2) is 36.1 Å². The molecule has 1 atom stereocenters. The molecule has 1 N–H and O–H groups in total. The lowest BCUT2D eigenvalue weighted by Gasteiger charge is -2.22. The van der Waals surface area contributed by atoms with Crippen molar-refractivity contribution >= 4 is 5.96 Å². The van der Waals surface area contributed by atoms with Crippen molar-refractivity contribution in [3.63, 3.8) is 0 Å². The molecular formula is C15H26N4. The maximum absolute atomic E-state index is 4.37. The molecule has 0 saturated heterocycles. The highest BCUT2D eigenvalue weighted by molar-refractivity contribution is 5.79. The minimum absolute atomic E-state index is 0.516. The smallest absolute Gasteiger partial charge is 0.193 e. The highest BCUT2D eigenvalue weighted by atomic mass is 15.3. The molecule has 4 heteroatoms. The van der Waals surface area contributed by atoms with Crippen LogP contribution in [0.15, 0.2) is 23.3 Å². The van der Waals surface area contributed by atoms with E-state index < -0.39 is 0 Å². The zero-order valence-corrected chi connectivity index (χ0v) is 12.8. The summed E-state index contributed by atoms with van der Waals surface area (Å²) in [6.07, 6.45) is 3.39. The van der Waals surface area contributed by atoms with Crippen molar-refractivity contribution in [1.29, 1.82) is 0 Å². The summed E-state index contributed by atoms with van der Waals surface area (Å²) in [5, 5.41) is 3.49. The van der Waals surface area contributed by atoms with Crippen molar-refractivity contribution in [2.24, 2.45) is 23.4 Å². The van der Waals surface area contributed by atoms with E-state index in [1.54, 1.807) is 0 Å². The Kier molecular flexibility index (Phi) is 3.88. The van der Waals surface area contributed by atoms with Crippen LogP contribution >= 0.6 is 0 Å². The number of nitrogens with zero attached hydrogens (tertiary/aromatic N) is 3. The van der Waals surface area contributed by atoms with Gasteiger partial charge in [0.1, 0.15) is 0 Å². The Balaban J connectivity index is 1.86. The zero-order valence-electron chi connectivity index (χ0n) is 12.8. The molecule has 2 rings (SSSR count). The summed E-state index contributed by atoms with van der Waals surface area (Å²) in [6, 6.07) is 4.22. The second-order valence-corrected chi connectivity index (χ2v) is 6.28. The van der Waals surface area contributed by atoms with Crippen LogP contribution in [0, 0.1) is 11.3 Å². The van der Waals surface area contributed by atoms with Gasteiger partial charge in [0.05, 0.1) is 6.54 Å². The van der Waals surface area contributed by atoms with E-state index in [4.69, 9.17) is 0 Å². The summed E-state index contributed by atoms with van der Waals surface area (Å²) in [5.74, 6) is 1.76. The monoisotopic (exact) mass is 262 g/mol. The largest absolute Gasteiger partial charge is 0.356 e. The van der Waals surface area contributed by atoms with Crippen LogP contribution in [0.4, 0.5) is 0 Å². The van der Waals surface area contributed by atoms with Gasteiger partial charge in [-0.15, -0.1) is 0 Å². The summed E-state index contributed by atoms with van der Waals surface area (Å²) in [5.41, 5.74) is 1.81. The molecule has 0 amide bonds. The number of aliphatic imine (C=N–C) groups is 1. The normalized spacial score (nSPS) is 21.3.